The molecule has 0 aliphatic carbocycles. The zero-order chi connectivity index (χ0) is 15.8. The monoisotopic (exact) mass is 332 g/mol. The average molecular weight is 332 g/mol. The molecule has 0 saturated carbocycles. The first-order chi connectivity index (χ1) is 9.87. The summed E-state index contributed by atoms with van der Waals surface area (Å²) in [7, 11) is -7.15. The predicted octanol–water partition coefficient (Wildman–Crippen LogP) is 0.456. The van der Waals surface area contributed by atoms with Gasteiger partial charge in [0.15, 0.2) is 9.84 Å². The summed E-state index contributed by atoms with van der Waals surface area (Å²) in [5.74, 6) is 1.45. The maximum atomic E-state index is 11.9. The lowest BCUT2D eigenvalue weighted by molar-refractivity contribution is 0.162. The van der Waals surface area contributed by atoms with E-state index < -0.39 is 20.0 Å². The van der Waals surface area contributed by atoms with E-state index in [1.54, 1.807) is 18.2 Å². The fraction of sp³-hybridized carbons (Fsp3) is 0.385. The summed E-state index contributed by atoms with van der Waals surface area (Å²) >= 11 is 0. The van der Waals surface area contributed by atoms with Crippen LogP contribution in [0.1, 0.15) is 0 Å². The highest BCUT2D eigenvalue weighted by molar-refractivity contribution is 7.91. The minimum absolute atomic E-state index is 0.0954. The molecule has 0 N–H and O–H groups in total. The van der Waals surface area contributed by atoms with Gasteiger partial charge in [-0.1, -0.05) is 24.1 Å². The summed E-state index contributed by atoms with van der Waals surface area (Å²) in [6, 6.07) is 7.96. The molecule has 0 spiro atoms. The second kappa shape index (κ2) is 8.14. The zero-order valence-electron chi connectivity index (χ0n) is 11.3. The second-order valence-electron chi connectivity index (χ2n) is 3.97. The van der Waals surface area contributed by atoms with E-state index in [0.29, 0.717) is 0 Å². The van der Waals surface area contributed by atoms with Crippen molar-refractivity contribution >= 4 is 20.0 Å². The van der Waals surface area contributed by atoms with Crippen molar-refractivity contribution in [2.75, 3.05) is 31.3 Å². The van der Waals surface area contributed by atoms with Crippen molar-refractivity contribution in [2.24, 2.45) is 0 Å². The molecule has 0 aliphatic heterocycles. The lowest BCUT2D eigenvalue weighted by Gasteiger charge is -2.06. The van der Waals surface area contributed by atoms with Gasteiger partial charge in [-0.25, -0.2) is 8.42 Å². The van der Waals surface area contributed by atoms with Crippen LogP contribution < -0.4 is 0 Å². The Bertz CT molecular complexity index is 671. The lowest BCUT2D eigenvalue weighted by atomic mass is 10.4. The number of benzene rings is 1. The van der Waals surface area contributed by atoms with Gasteiger partial charge in [0.1, 0.15) is 6.61 Å². The summed E-state index contributed by atoms with van der Waals surface area (Å²) in [6.45, 7) is -0.580. The van der Waals surface area contributed by atoms with Gasteiger partial charge in [0.25, 0.3) is 10.1 Å². The molecular formula is C13H16O6S2. The van der Waals surface area contributed by atoms with Crippen molar-refractivity contribution < 1.29 is 25.8 Å². The van der Waals surface area contributed by atoms with Gasteiger partial charge in [0.05, 0.1) is 29.6 Å². The molecule has 0 fully saturated rings. The normalized spacial score (nSPS) is 12.0. The minimum Gasteiger partial charge on any atom is -0.379 e. The van der Waals surface area contributed by atoms with Gasteiger partial charge in [-0.05, 0) is 12.1 Å². The van der Waals surface area contributed by atoms with Gasteiger partial charge >= 0.3 is 0 Å². The molecule has 0 saturated heterocycles. The average Bonchev–Trinajstić information content (AvgIpc) is 2.45. The van der Waals surface area contributed by atoms with Crippen LogP contribution in [0.2, 0.25) is 0 Å². The molecule has 0 amide bonds. The maximum Gasteiger partial charge on any atom is 0.270 e. The second-order valence-corrected chi connectivity index (χ2v) is 7.84. The molecule has 8 heteroatoms. The Morgan fingerprint density at radius 2 is 1.62 bits per heavy atom. The van der Waals surface area contributed by atoms with Crippen LogP contribution in [-0.4, -0.2) is 48.2 Å². The van der Waals surface area contributed by atoms with Crippen LogP contribution in [0, 0.1) is 12.3 Å². The van der Waals surface area contributed by atoms with E-state index in [2.05, 4.69) is 4.18 Å². The molecule has 6 nitrogen and oxygen atoms in total. The number of hydrogen-bond acceptors (Lipinski definition) is 6. The molecular weight excluding hydrogens is 316 g/mol. The fourth-order valence-corrected chi connectivity index (χ4v) is 3.19. The Morgan fingerprint density at radius 1 is 1.00 bits per heavy atom. The third-order valence-corrected chi connectivity index (χ3v) is 5.24. The van der Waals surface area contributed by atoms with Crippen LogP contribution in [0.4, 0.5) is 0 Å². The highest BCUT2D eigenvalue weighted by atomic mass is 32.2. The Hall–Kier alpha value is -1.40. The molecule has 1 rings (SSSR count). The third kappa shape index (κ3) is 6.73. The van der Waals surface area contributed by atoms with Crippen molar-refractivity contribution in [3.05, 3.63) is 30.3 Å². The molecule has 0 aromatic heterocycles. The van der Waals surface area contributed by atoms with Crippen molar-refractivity contribution in [1.82, 2.24) is 0 Å². The topological polar surface area (TPSA) is 86.7 Å². The predicted molar refractivity (Wildman–Crippen MR) is 77.9 cm³/mol. The van der Waals surface area contributed by atoms with Gasteiger partial charge in [-0.2, -0.15) is 8.42 Å². The smallest absolute Gasteiger partial charge is 0.270 e. The molecule has 0 unspecified atom stereocenters. The SMILES string of the molecule is C#CCOS(=O)(=O)CCOCCS(=O)(=O)c1ccccc1. The Balaban J connectivity index is 2.34. The van der Waals surface area contributed by atoms with E-state index >= 15 is 0 Å². The highest BCUT2D eigenvalue weighted by Gasteiger charge is 2.14. The molecule has 0 heterocycles. The largest absolute Gasteiger partial charge is 0.379 e. The minimum atomic E-state index is -3.73. The number of terminal acetylenes is 1. The molecule has 1 aromatic carbocycles. The van der Waals surface area contributed by atoms with E-state index in [4.69, 9.17) is 11.2 Å². The third-order valence-electron chi connectivity index (χ3n) is 2.40. The van der Waals surface area contributed by atoms with Crippen LogP contribution in [-0.2, 0) is 28.9 Å². The van der Waals surface area contributed by atoms with E-state index in [9.17, 15) is 16.8 Å². The molecule has 116 valence electrons. The summed E-state index contributed by atoms with van der Waals surface area (Å²) in [6.07, 6.45) is 4.88. The first-order valence-corrected chi connectivity index (χ1v) is 9.26. The Kier molecular flexibility index (Phi) is 6.84. The Labute approximate surface area is 125 Å². The molecule has 21 heavy (non-hydrogen) atoms. The number of hydrogen-bond donors (Lipinski definition) is 0. The first kappa shape index (κ1) is 17.7. The maximum absolute atomic E-state index is 11.9. The zero-order valence-corrected chi connectivity index (χ0v) is 12.9. The molecule has 1 aromatic rings. The van der Waals surface area contributed by atoms with Gasteiger partial charge in [-0.3, -0.25) is 4.18 Å². The lowest BCUT2D eigenvalue weighted by Crippen LogP contribution is -2.18. The molecule has 0 bridgehead atoms. The van der Waals surface area contributed by atoms with E-state index in [-0.39, 0.29) is 36.2 Å². The fourth-order valence-electron chi connectivity index (χ4n) is 1.36. The van der Waals surface area contributed by atoms with Gasteiger partial charge in [0.2, 0.25) is 0 Å². The summed E-state index contributed by atoms with van der Waals surface area (Å²) < 4.78 is 55.7. The van der Waals surface area contributed by atoms with Crippen LogP contribution in [0.5, 0.6) is 0 Å². The van der Waals surface area contributed by atoms with E-state index in [1.807, 2.05) is 5.92 Å². The summed E-state index contributed by atoms with van der Waals surface area (Å²) in [5, 5.41) is 0. The van der Waals surface area contributed by atoms with Crippen molar-refractivity contribution in [3.8, 4) is 12.3 Å². The number of sulfone groups is 1. The summed E-state index contributed by atoms with van der Waals surface area (Å²) in [5.41, 5.74) is 0. The van der Waals surface area contributed by atoms with E-state index in [1.165, 1.54) is 12.1 Å². The van der Waals surface area contributed by atoms with Crippen LogP contribution in [0.15, 0.2) is 35.2 Å². The molecule has 0 radical (unpaired) electrons. The van der Waals surface area contributed by atoms with Crippen molar-refractivity contribution in [1.29, 1.82) is 0 Å². The van der Waals surface area contributed by atoms with Crippen LogP contribution >= 0.6 is 0 Å². The number of rotatable bonds is 9. The van der Waals surface area contributed by atoms with Crippen molar-refractivity contribution in [2.45, 2.75) is 4.90 Å². The molecule has 0 aliphatic rings. The van der Waals surface area contributed by atoms with Gasteiger partial charge < -0.3 is 4.74 Å². The highest BCUT2D eigenvalue weighted by Crippen LogP contribution is 2.09. The standard InChI is InChI=1S/C13H16O6S2/c1-2-8-19-21(16,17)12-10-18-9-11-20(14,15)13-6-4-3-5-7-13/h1,3-7H,8-12H2. The van der Waals surface area contributed by atoms with E-state index in [0.717, 1.165) is 0 Å². The quantitative estimate of drug-likeness (QED) is 0.371. The van der Waals surface area contributed by atoms with Crippen molar-refractivity contribution in [3.63, 3.8) is 0 Å². The number of ether oxygens (including phenoxy) is 1. The first-order valence-electron chi connectivity index (χ1n) is 6.03. The molecule has 0 atom stereocenters. The Morgan fingerprint density at radius 3 is 2.24 bits per heavy atom. The van der Waals surface area contributed by atoms with Crippen LogP contribution in [0.3, 0.4) is 0 Å². The van der Waals surface area contributed by atoms with Gasteiger partial charge in [0, 0.05) is 0 Å². The van der Waals surface area contributed by atoms with Crippen LogP contribution in [0.25, 0.3) is 0 Å². The summed E-state index contributed by atoms with van der Waals surface area (Å²) in [4.78, 5) is 0.207. The van der Waals surface area contributed by atoms with Gasteiger partial charge in [-0.15, -0.1) is 6.42 Å².